The molecule has 1 aliphatic rings. The number of hydrogen-bond donors (Lipinski definition) is 1. The molecule has 0 aromatic rings. The summed E-state index contributed by atoms with van der Waals surface area (Å²) < 4.78 is 25.0. The quantitative estimate of drug-likeness (QED) is 0.608. The van der Waals surface area contributed by atoms with Crippen LogP contribution in [0.2, 0.25) is 0 Å². The Morgan fingerprint density at radius 3 is 2.38 bits per heavy atom. The minimum Gasteiger partial charge on any atom is -0.296 e. The van der Waals surface area contributed by atoms with E-state index in [0.29, 0.717) is 13.1 Å². The molecule has 13 heavy (non-hydrogen) atoms. The smallest absolute Gasteiger partial charge is 0.212 e. The maximum atomic E-state index is 11.2. The van der Waals surface area contributed by atoms with Crippen molar-refractivity contribution in [3.63, 3.8) is 0 Å². The van der Waals surface area contributed by atoms with Crippen LogP contribution in [0.3, 0.4) is 0 Å². The zero-order valence-corrected chi connectivity index (χ0v) is 9.32. The van der Waals surface area contributed by atoms with Crippen molar-refractivity contribution in [2.24, 2.45) is 0 Å². The lowest BCUT2D eigenvalue weighted by Crippen LogP contribution is -2.43. The Morgan fingerprint density at radius 2 is 1.85 bits per heavy atom. The number of rotatable bonds is 0. The molecule has 0 aliphatic carbocycles. The van der Waals surface area contributed by atoms with Crippen molar-refractivity contribution < 1.29 is 8.42 Å². The molecule has 1 heterocycles. The molecule has 1 N–H and O–H groups in total. The fraction of sp³-hybridized carbons (Fsp3) is 1.00. The molecular weight excluding hydrogens is 188 g/mol. The van der Waals surface area contributed by atoms with Gasteiger partial charge in [-0.2, -0.15) is 0 Å². The van der Waals surface area contributed by atoms with Gasteiger partial charge in [-0.25, -0.2) is 13.1 Å². The van der Waals surface area contributed by atoms with Crippen LogP contribution in [0.25, 0.3) is 0 Å². The molecular formula is C8H18N2O2S. The van der Waals surface area contributed by atoms with E-state index in [-0.39, 0.29) is 11.3 Å². The molecule has 1 saturated heterocycles. The Kier molecular flexibility index (Phi) is 2.99. The van der Waals surface area contributed by atoms with Crippen molar-refractivity contribution in [1.82, 2.24) is 9.62 Å². The molecule has 0 unspecified atom stereocenters. The zero-order valence-electron chi connectivity index (χ0n) is 8.50. The van der Waals surface area contributed by atoms with Gasteiger partial charge in [0.1, 0.15) is 0 Å². The van der Waals surface area contributed by atoms with E-state index in [2.05, 4.69) is 30.4 Å². The van der Waals surface area contributed by atoms with Gasteiger partial charge < -0.3 is 0 Å². The molecule has 0 amide bonds. The first kappa shape index (κ1) is 10.9. The first-order chi connectivity index (χ1) is 5.81. The van der Waals surface area contributed by atoms with Gasteiger partial charge in [-0.15, -0.1) is 0 Å². The van der Waals surface area contributed by atoms with Crippen LogP contribution in [-0.4, -0.2) is 44.2 Å². The maximum Gasteiger partial charge on any atom is 0.212 e. The standard InChI is InChI=1S/C8H18N2O2S/c1-8(2,3)10-5-4-9-13(11,12)7-6-10/h9H,4-7H2,1-3H3. The van der Waals surface area contributed by atoms with Gasteiger partial charge in [-0.3, -0.25) is 4.90 Å². The van der Waals surface area contributed by atoms with E-state index < -0.39 is 10.0 Å². The monoisotopic (exact) mass is 206 g/mol. The zero-order chi connectivity index (χ0) is 10.1. The normalized spacial score (nSPS) is 25.5. The first-order valence-electron chi connectivity index (χ1n) is 4.54. The topological polar surface area (TPSA) is 49.4 Å². The molecule has 78 valence electrons. The van der Waals surface area contributed by atoms with E-state index in [1.165, 1.54) is 0 Å². The summed E-state index contributed by atoms with van der Waals surface area (Å²) in [6.07, 6.45) is 0. The van der Waals surface area contributed by atoms with Crippen LogP contribution in [0.1, 0.15) is 20.8 Å². The van der Waals surface area contributed by atoms with Crippen molar-refractivity contribution in [1.29, 1.82) is 0 Å². The summed E-state index contributed by atoms with van der Waals surface area (Å²) in [4.78, 5) is 2.19. The van der Waals surface area contributed by atoms with E-state index in [1.54, 1.807) is 0 Å². The second kappa shape index (κ2) is 3.55. The van der Waals surface area contributed by atoms with Gasteiger partial charge in [-0.05, 0) is 20.8 Å². The maximum absolute atomic E-state index is 11.2. The van der Waals surface area contributed by atoms with Crippen LogP contribution in [0.15, 0.2) is 0 Å². The highest BCUT2D eigenvalue weighted by molar-refractivity contribution is 7.89. The molecule has 0 bridgehead atoms. The molecule has 0 aromatic heterocycles. The van der Waals surface area contributed by atoms with Gasteiger partial charge in [0.2, 0.25) is 10.0 Å². The first-order valence-corrected chi connectivity index (χ1v) is 6.19. The minimum atomic E-state index is -3.00. The Morgan fingerprint density at radius 1 is 1.23 bits per heavy atom. The Hall–Kier alpha value is -0.130. The van der Waals surface area contributed by atoms with Crippen LogP contribution in [-0.2, 0) is 10.0 Å². The average molecular weight is 206 g/mol. The van der Waals surface area contributed by atoms with E-state index in [0.717, 1.165) is 6.54 Å². The van der Waals surface area contributed by atoms with E-state index in [4.69, 9.17) is 0 Å². The summed E-state index contributed by atoms with van der Waals surface area (Å²) in [7, 11) is -3.00. The predicted molar refractivity (Wildman–Crippen MR) is 53.1 cm³/mol. The van der Waals surface area contributed by atoms with Crippen molar-refractivity contribution in [3.05, 3.63) is 0 Å². The van der Waals surface area contributed by atoms with Crippen molar-refractivity contribution in [2.45, 2.75) is 26.3 Å². The van der Waals surface area contributed by atoms with Gasteiger partial charge in [-0.1, -0.05) is 0 Å². The van der Waals surface area contributed by atoms with Gasteiger partial charge >= 0.3 is 0 Å². The van der Waals surface area contributed by atoms with Crippen molar-refractivity contribution >= 4 is 10.0 Å². The molecule has 0 radical (unpaired) electrons. The summed E-state index contributed by atoms with van der Waals surface area (Å²) in [6.45, 7) is 8.25. The van der Waals surface area contributed by atoms with Crippen LogP contribution in [0.4, 0.5) is 0 Å². The number of sulfonamides is 1. The summed E-state index contributed by atoms with van der Waals surface area (Å²) in [5.41, 5.74) is 0.0571. The largest absolute Gasteiger partial charge is 0.296 e. The average Bonchev–Trinajstić information content (AvgIpc) is 2.08. The number of nitrogens with one attached hydrogen (secondary N) is 1. The summed E-state index contributed by atoms with van der Waals surface area (Å²) in [5.74, 6) is 0.213. The molecule has 0 aromatic carbocycles. The van der Waals surface area contributed by atoms with Crippen LogP contribution in [0.5, 0.6) is 0 Å². The Bertz CT molecular complexity index is 266. The van der Waals surface area contributed by atoms with Gasteiger partial charge in [0.25, 0.3) is 0 Å². The van der Waals surface area contributed by atoms with E-state index >= 15 is 0 Å². The highest BCUT2D eigenvalue weighted by atomic mass is 32.2. The molecule has 1 rings (SSSR count). The number of nitrogens with zero attached hydrogens (tertiary/aromatic N) is 1. The summed E-state index contributed by atoms with van der Waals surface area (Å²) in [5, 5.41) is 0. The fourth-order valence-corrected chi connectivity index (χ4v) is 2.43. The number of hydrogen-bond acceptors (Lipinski definition) is 3. The van der Waals surface area contributed by atoms with Crippen LogP contribution < -0.4 is 4.72 Å². The summed E-state index contributed by atoms with van der Waals surface area (Å²) in [6, 6.07) is 0. The molecule has 1 fully saturated rings. The van der Waals surface area contributed by atoms with E-state index in [9.17, 15) is 8.42 Å². The Balaban J connectivity index is 2.66. The van der Waals surface area contributed by atoms with Gasteiger partial charge in [0, 0.05) is 25.2 Å². The second-order valence-corrected chi connectivity index (χ2v) is 6.30. The molecule has 4 nitrogen and oxygen atoms in total. The lowest BCUT2D eigenvalue weighted by atomic mass is 10.1. The van der Waals surface area contributed by atoms with Crippen molar-refractivity contribution in [3.8, 4) is 0 Å². The van der Waals surface area contributed by atoms with Crippen molar-refractivity contribution in [2.75, 3.05) is 25.4 Å². The lowest BCUT2D eigenvalue weighted by molar-refractivity contribution is 0.152. The third-order valence-electron chi connectivity index (χ3n) is 2.28. The highest BCUT2D eigenvalue weighted by Gasteiger charge is 2.25. The lowest BCUT2D eigenvalue weighted by Gasteiger charge is -2.33. The molecule has 1 aliphatic heterocycles. The van der Waals surface area contributed by atoms with Gasteiger partial charge in [0.05, 0.1) is 5.75 Å². The SMILES string of the molecule is CC(C)(C)N1CCNS(=O)(=O)CC1. The third kappa shape index (κ3) is 3.25. The molecule has 0 saturated carbocycles. The van der Waals surface area contributed by atoms with Gasteiger partial charge in [0.15, 0.2) is 0 Å². The second-order valence-electron chi connectivity index (χ2n) is 4.37. The molecule has 0 spiro atoms. The van der Waals surface area contributed by atoms with Crippen LogP contribution in [0, 0.1) is 0 Å². The Labute approximate surface area is 80.4 Å². The fourth-order valence-electron chi connectivity index (χ4n) is 1.42. The van der Waals surface area contributed by atoms with Crippen LogP contribution >= 0.6 is 0 Å². The summed E-state index contributed by atoms with van der Waals surface area (Å²) >= 11 is 0. The highest BCUT2D eigenvalue weighted by Crippen LogP contribution is 2.13. The third-order valence-corrected chi connectivity index (χ3v) is 3.65. The minimum absolute atomic E-state index is 0.0571. The van der Waals surface area contributed by atoms with E-state index in [1.807, 2.05) is 0 Å². The molecule has 0 atom stereocenters. The predicted octanol–water partition coefficient (Wildman–Crippen LogP) is 0.0199. The molecule has 5 heteroatoms.